The van der Waals surface area contributed by atoms with Crippen LogP contribution in [0.5, 0.6) is 17.2 Å². The average molecular weight is 459 g/mol. The number of methoxy groups -OCH3 is 1. The highest BCUT2D eigenvalue weighted by atomic mass is 28.4. The van der Waals surface area contributed by atoms with Crippen molar-refractivity contribution in [2.24, 2.45) is 0 Å². The number of aryl methyl sites for hydroxylation is 1. The molecule has 4 heteroatoms. The van der Waals surface area contributed by atoms with Crippen molar-refractivity contribution >= 4 is 19.5 Å². The van der Waals surface area contributed by atoms with Crippen LogP contribution >= 0.6 is 0 Å². The van der Waals surface area contributed by atoms with Crippen molar-refractivity contribution in [1.82, 2.24) is 0 Å². The molecule has 3 aromatic carbocycles. The van der Waals surface area contributed by atoms with Gasteiger partial charge in [0, 0.05) is 11.1 Å². The van der Waals surface area contributed by atoms with E-state index in [9.17, 15) is 0 Å². The Balaban J connectivity index is 1.78. The Labute approximate surface area is 199 Å². The lowest BCUT2D eigenvalue weighted by atomic mass is 9.87. The largest absolute Gasteiger partial charge is 0.544 e. The van der Waals surface area contributed by atoms with E-state index in [-0.39, 0.29) is 5.04 Å². The first kappa shape index (κ1) is 23.2. The van der Waals surface area contributed by atoms with Crippen LogP contribution in [-0.2, 0) is 0 Å². The second-order valence-corrected chi connectivity index (χ2v) is 15.0. The van der Waals surface area contributed by atoms with Crippen LogP contribution in [0.15, 0.2) is 66.7 Å². The SMILES string of the molecule is COc1ccc(C2=C(c3ccc(O[Si](C)(C)C(C)(C)C)cc3)COc3cc(C)ccc32)cc1. The number of benzene rings is 3. The molecule has 0 unspecified atom stereocenters. The molecule has 0 amide bonds. The van der Waals surface area contributed by atoms with E-state index in [2.05, 4.69) is 95.4 Å². The summed E-state index contributed by atoms with van der Waals surface area (Å²) in [5.74, 6) is 2.72. The fourth-order valence-electron chi connectivity index (χ4n) is 3.83. The Kier molecular flexibility index (Phi) is 6.15. The maximum atomic E-state index is 6.49. The first-order valence-electron chi connectivity index (χ1n) is 11.5. The van der Waals surface area contributed by atoms with E-state index in [0.717, 1.165) is 33.9 Å². The second kappa shape index (κ2) is 8.75. The summed E-state index contributed by atoms with van der Waals surface area (Å²) in [7, 11) is -0.185. The molecular weight excluding hydrogens is 424 g/mol. The third-order valence-corrected chi connectivity index (χ3v) is 11.2. The molecule has 1 heterocycles. The highest BCUT2D eigenvalue weighted by Crippen LogP contribution is 2.42. The van der Waals surface area contributed by atoms with Crippen LogP contribution < -0.4 is 13.9 Å². The molecule has 3 aromatic rings. The van der Waals surface area contributed by atoms with Crippen molar-refractivity contribution < 1.29 is 13.9 Å². The van der Waals surface area contributed by atoms with E-state index in [1.165, 1.54) is 16.7 Å². The van der Waals surface area contributed by atoms with Crippen LogP contribution in [0.2, 0.25) is 18.1 Å². The van der Waals surface area contributed by atoms with Crippen LogP contribution in [-0.4, -0.2) is 22.0 Å². The average Bonchev–Trinajstić information content (AvgIpc) is 2.78. The van der Waals surface area contributed by atoms with Gasteiger partial charge in [-0.1, -0.05) is 57.2 Å². The summed E-state index contributed by atoms with van der Waals surface area (Å²) in [5, 5.41) is 0.161. The molecule has 0 aromatic heterocycles. The van der Waals surface area contributed by atoms with Gasteiger partial charge in [-0.15, -0.1) is 0 Å². The van der Waals surface area contributed by atoms with E-state index in [4.69, 9.17) is 13.9 Å². The predicted octanol–water partition coefficient (Wildman–Crippen LogP) is 7.74. The summed E-state index contributed by atoms with van der Waals surface area (Å²) < 4.78 is 18.1. The summed E-state index contributed by atoms with van der Waals surface area (Å²) in [6.07, 6.45) is 0. The van der Waals surface area contributed by atoms with Crippen molar-refractivity contribution in [3.8, 4) is 17.2 Å². The highest BCUT2D eigenvalue weighted by Gasteiger charge is 2.39. The van der Waals surface area contributed by atoms with Crippen LogP contribution in [0, 0.1) is 6.92 Å². The molecule has 0 spiro atoms. The van der Waals surface area contributed by atoms with Crippen LogP contribution in [0.4, 0.5) is 0 Å². The molecular formula is C29H34O3Si. The Bertz CT molecular complexity index is 1170. The van der Waals surface area contributed by atoms with Gasteiger partial charge in [-0.3, -0.25) is 0 Å². The highest BCUT2D eigenvalue weighted by molar-refractivity contribution is 6.74. The number of ether oxygens (including phenoxy) is 2. The summed E-state index contributed by atoms with van der Waals surface area (Å²) in [6.45, 7) is 14.0. The van der Waals surface area contributed by atoms with E-state index in [1.807, 2.05) is 12.1 Å². The zero-order valence-electron chi connectivity index (χ0n) is 20.8. The third kappa shape index (κ3) is 4.72. The van der Waals surface area contributed by atoms with E-state index < -0.39 is 8.32 Å². The van der Waals surface area contributed by atoms with Crippen molar-refractivity contribution in [3.05, 3.63) is 89.0 Å². The number of hydrogen-bond donors (Lipinski definition) is 0. The number of hydrogen-bond acceptors (Lipinski definition) is 3. The molecule has 172 valence electrons. The van der Waals surface area contributed by atoms with Crippen LogP contribution in [0.3, 0.4) is 0 Å². The smallest absolute Gasteiger partial charge is 0.250 e. The van der Waals surface area contributed by atoms with Crippen molar-refractivity contribution in [1.29, 1.82) is 0 Å². The first-order chi connectivity index (χ1) is 15.6. The standard InChI is InChI=1S/C29H34O3Si/c1-20-8-17-25-27(18-20)31-19-26(28(25)22-11-13-23(30-5)14-12-22)21-9-15-24(16-10-21)32-33(6,7)29(2,3)4/h8-18H,19H2,1-7H3. The lowest BCUT2D eigenvalue weighted by molar-refractivity contribution is 0.364. The van der Waals surface area contributed by atoms with Gasteiger partial charge < -0.3 is 13.9 Å². The molecule has 0 atom stereocenters. The quantitative estimate of drug-likeness (QED) is 0.366. The fourth-order valence-corrected chi connectivity index (χ4v) is 4.86. The number of rotatable bonds is 5. The molecule has 1 aliphatic rings. The van der Waals surface area contributed by atoms with Gasteiger partial charge in [0.2, 0.25) is 8.32 Å². The lowest BCUT2D eigenvalue weighted by Gasteiger charge is -2.36. The van der Waals surface area contributed by atoms with Gasteiger partial charge in [0.05, 0.1) is 7.11 Å². The summed E-state index contributed by atoms with van der Waals surface area (Å²) in [6, 6.07) is 23.2. The van der Waals surface area contributed by atoms with Gasteiger partial charge in [-0.2, -0.15) is 0 Å². The van der Waals surface area contributed by atoms with Gasteiger partial charge >= 0.3 is 0 Å². The van der Waals surface area contributed by atoms with Gasteiger partial charge in [-0.05, 0) is 77.7 Å². The molecule has 3 nitrogen and oxygen atoms in total. The van der Waals surface area contributed by atoms with Crippen LogP contribution in [0.1, 0.15) is 43.0 Å². The molecule has 33 heavy (non-hydrogen) atoms. The Morgan fingerprint density at radius 2 is 1.42 bits per heavy atom. The Morgan fingerprint density at radius 1 is 0.818 bits per heavy atom. The summed E-state index contributed by atoms with van der Waals surface area (Å²) in [4.78, 5) is 0. The van der Waals surface area contributed by atoms with Crippen molar-refractivity contribution in [3.63, 3.8) is 0 Å². The van der Waals surface area contributed by atoms with Crippen molar-refractivity contribution in [2.75, 3.05) is 13.7 Å². The molecule has 1 aliphatic heterocycles. The summed E-state index contributed by atoms with van der Waals surface area (Å²) in [5.41, 5.74) is 7.00. The second-order valence-electron chi connectivity index (χ2n) is 10.3. The normalized spacial score (nSPS) is 13.9. The van der Waals surface area contributed by atoms with Gasteiger partial charge in [0.1, 0.15) is 23.9 Å². The van der Waals surface area contributed by atoms with Crippen LogP contribution in [0.25, 0.3) is 11.1 Å². The molecule has 4 rings (SSSR count). The minimum atomic E-state index is -1.88. The zero-order chi connectivity index (χ0) is 23.8. The zero-order valence-corrected chi connectivity index (χ0v) is 21.8. The monoisotopic (exact) mass is 458 g/mol. The third-order valence-electron chi connectivity index (χ3n) is 6.84. The summed E-state index contributed by atoms with van der Waals surface area (Å²) >= 11 is 0. The minimum Gasteiger partial charge on any atom is -0.544 e. The maximum absolute atomic E-state index is 6.49. The molecule has 0 fully saturated rings. The van der Waals surface area contributed by atoms with Crippen molar-refractivity contribution in [2.45, 2.75) is 45.8 Å². The molecule has 0 bridgehead atoms. The number of fused-ring (bicyclic) bond motifs is 1. The van der Waals surface area contributed by atoms with Gasteiger partial charge in [0.25, 0.3) is 0 Å². The predicted molar refractivity (Wildman–Crippen MR) is 140 cm³/mol. The van der Waals surface area contributed by atoms with E-state index in [0.29, 0.717) is 6.61 Å². The van der Waals surface area contributed by atoms with Gasteiger partial charge in [-0.25, -0.2) is 0 Å². The minimum absolute atomic E-state index is 0.161. The molecule has 0 saturated heterocycles. The van der Waals surface area contributed by atoms with E-state index in [1.54, 1.807) is 7.11 Å². The molecule has 0 saturated carbocycles. The molecule has 0 aliphatic carbocycles. The topological polar surface area (TPSA) is 27.7 Å². The Hall–Kier alpha value is -2.98. The molecule has 0 N–H and O–H groups in total. The lowest BCUT2D eigenvalue weighted by Crippen LogP contribution is -2.43. The van der Waals surface area contributed by atoms with Gasteiger partial charge in [0.15, 0.2) is 0 Å². The van der Waals surface area contributed by atoms with E-state index >= 15 is 0 Å². The molecule has 0 radical (unpaired) electrons. The fraction of sp³-hybridized carbons (Fsp3) is 0.310. The first-order valence-corrected chi connectivity index (χ1v) is 14.4. The Morgan fingerprint density at radius 3 is 2.03 bits per heavy atom. The maximum Gasteiger partial charge on any atom is 0.250 e.